The van der Waals surface area contributed by atoms with Crippen LogP contribution in [0.4, 0.5) is 0 Å². The third kappa shape index (κ3) is 2.71. The highest BCUT2D eigenvalue weighted by Gasteiger charge is 2.29. The standard InChI is InChI=1S/C13H18ClNO2S/c1-9(2)15-12-7-4-8-18(16,17)13-10(12)5-3-6-11(13)14/h3,5-6,9,12,15H,4,7-8H2,1-2H3. The molecule has 100 valence electrons. The van der Waals surface area contributed by atoms with Crippen LogP contribution in [0.3, 0.4) is 0 Å². The van der Waals surface area contributed by atoms with Crippen molar-refractivity contribution in [2.45, 2.75) is 43.7 Å². The van der Waals surface area contributed by atoms with Crippen molar-refractivity contribution in [2.75, 3.05) is 5.75 Å². The van der Waals surface area contributed by atoms with E-state index in [4.69, 9.17) is 11.6 Å². The molecule has 0 radical (unpaired) electrons. The molecule has 2 rings (SSSR count). The molecule has 1 aromatic carbocycles. The number of benzene rings is 1. The van der Waals surface area contributed by atoms with Crippen molar-refractivity contribution in [3.63, 3.8) is 0 Å². The number of nitrogens with one attached hydrogen (secondary N) is 1. The zero-order valence-electron chi connectivity index (χ0n) is 10.6. The molecule has 5 heteroatoms. The van der Waals surface area contributed by atoms with Crippen LogP contribution < -0.4 is 5.32 Å². The van der Waals surface area contributed by atoms with Crippen LogP contribution in [0.5, 0.6) is 0 Å². The average Bonchev–Trinajstić information content (AvgIpc) is 2.37. The lowest BCUT2D eigenvalue weighted by molar-refractivity contribution is 0.447. The van der Waals surface area contributed by atoms with Gasteiger partial charge in [0.25, 0.3) is 0 Å². The van der Waals surface area contributed by atoms with Crippen molar-refractivity contribution >= 4 is 21.4 Å². The summed E-state index contributed by atoms with van der Waals surface area (Å²) in [5, 5.41) is 3.76. The van der Waals surface area contributed by atoms with E-state index in [-0.39, 0.29) is 11.8 Å². The molecule has 3 nitrogen and oxygen atoms in total. The second-order valence-electron chi connectivity index (χ2n) is 4.99. The zero-order valence-corrected chi connectivity index (χ0v) is 12.2. The van der Waals surface area contributed by atoms with Crippen molar-refractivity contribution < 1.29 is 8.42 Å². The van der Waals surface area contributed by atoms with E-state index in [2.05, 4.69) is 19.2 Å². The number of hydrogen-bond donors (Lipinski definition) is 1. The summed E-state index contributed by atoms with van der Waals surface area (Å²) in [6, 6.07) is 5.70. The van der Waals surface area contributed by atoms with E-state index in [1.165, 1.54) is 0 Å². The van der Waals surface area contributed by atoms with E-state index in [1.54, 1.807) is 6.07 Å². The van der Waals surface area contributed by atoms with Gasteiger partial charge in [0, 0.05) is 12.1 Å². The first-order valence-corrected chi connectivity index (χ1v) is 8.22. The third-order valence-electron chi connectivity index (χ3n) is 3.12. The van der Waals surface area contributed by atoms with E-state index >= 15 is 0 Å². The Labute approximate surface area is 113 Å². The largest absolute Gasteiger partial charge is 0.308 e. The molecule has 1 unspecified atom stereocenters. The van der Waals surface area contributed by atoms with Gasteiger partial charge < -0.3 is 5.32 Å². The van der Waals surface area contributed by atoms with Crippen LogP contribution >= 0.6 is 11.6 Å². The van der Waals surface area contributed by atoms with E-state index in [1.807, 2.05) is 12.1 Å². The first-order chi connectivity index (χ1) is 8.42. The Morgan fingerprint density at radius 2 is 2.11 bits per heavy atom. The monoisotopic (exact) mass is 287 g/mol. The molecule has 0 aliphatic carbocycles. The van der Waals surface area contributed by atoms with Crippen LogP contribution in [0.25, 0.3) is 0 Å². The molecule has 0 amide bonds. The van der Waals surface area contributed by atoms with Gasteiger partial charge in [0.15, 0.2) is 9.84 Å². The van der Waals surface area contributed by atoms with Crippen molar-refractivity contribution in [2.24, 2.45) is 0 Å². The lowest BCUT2D eigenvalue weighted by Gasteiger charge is -2.21. The Morgan fingerprint density at radius 1 is 1.39 bits per heavy atom. The van der Waals surface area contributed by atoms with E-state index in [9.17, 15) is 8.42 Å². The van der Waals surface area contributed by atoms with Gasteiger partial charge in [-0.3, -0.25) is 0 Å². The fourth-order valence-electron chi connectivity index (χ4n) is 2.44. The lowest BCUT2D eigenvalue weighted by atomic mass is 10.0. The van der Waals surface area contributed by atoms with Crippen LogP contribution in [0.2, 0.25) is 5.02 Å². The summed E-state index contributed by atoms with van der Waals surface area (Å²) in [6.07, 6.45) is 1.49. The molecular weight excluding hydrogens is 270 g/mol. The molecule has 0 fully saturated rings. The molecule has 18 heavy (non-hydrogen) atoms. The molecule has 0 aromatic heterocycles. The van der Waals surface area contributed by atoms with Crippen molar-refractivity contribution in [3.8, 4) is 0 Å². The molecule has 0 bridgehead atoms. The first kappa shape index (κ1) is 13.8. The minimum atomic E-state index is -3.25. The summed E-state index contributed by atoms with van der Waals surface area (Å²) in [7, 11) is -3.25. The van der Waals surface area contributed by atoms with Crippen molar-refractivity contribution in [1.29, 1.82) is 0 Å². The number of halogens is 1. The molecule has 1 aromatic rings. The highest BCUT2D eigenvalue weighted by Crippen LogP contribution is 2.35. The number of fused-ring (bicyclic) bond motifs is 1. The van der Waals surface area contributed by atoms with Gasteiger partial charge in [-0.05, 0) is 24.5 Å². The minimum Gasteiger partial charge on any atom is -0.308 e. The quantitative estimate of drug-likeness (QED) is 0.910. The molecular formula is C13H18ClNO2S. The Bertz CT molecular complexity index is 540. The van der Waals surface area contributed by atoms with Gasteiger partial charge in [0.2, 0.25) is 0 Å². The van der Waals surface area contributed by atoms with Gasteiger partial charge in [-0.25, -0.2) is 8.42 Å². The molecule has 1 aliphatic heterocycles. The Balaban J connectivity index is 2.56. The number of hydrogen-bond acceptors (Lipinski definition) is 3. The van der Waals surface area contributed by atoms with Gasteiger partial charge in [0.1, 0.15) is 0 Å². The lowest BCUT2D eigenvalue weighted by Crippen LogP contribution is -2.28. The van der Waals surface area contributed by atoms with Crippen molar-refractivity contribution in [3.05, 3.63) is 28.8 Å². The Kier molecular flexibility index (Phi) is 3.99. The van der Waals surface area contributed by atoms with Gasteiger partial charge in [-0.15, -0.1) is 0 Å². The Hall–Kier alpha value is -0.580. The SMILES string of the molecule is CC(C)NC1CCCS(=O)(=O)c2c(Cl)cccc21. The van der Waals surface area contributed by atoms with Crippen LogP contribution in [-0.2, 0) is 9.84 Å². The predicted octanol–water partition coefficient (Wildman–Crippen LogP) is 2.95. The number of sulfone groups is 1. The summed E-state index contributed by atoms with van der Waals surface area (Å²) < 4.78 is 24.5. The molecule has 1 aliphatic rings. The summed E-state index contributed by atoms with van der Waals surface area (Å²) in [4.78, 5) is 0.322. The normalized spacial score (nSPS) is 22.6. The Morgan fingerprint density at radius 3 is 2.78 bits per heavy atom. The molecule has 1 atom stereocenters. The second kappa shape index (κ2) is 5.19. The molecule has 1 heterocycles. The smallest absolute Gasteiger partial charge is 0.180 e. The fraction of sp³-hybridized carbons (Fsp3) is 0.538. The fourth-order valence-corrected chi connectivity index (χ4v) is 4.66. The zero-order chi connectivity index (χ0) is 13.3. The highest BCUT2D eigenvalue weighted by atomic mass is 35.5. The second-order valence-corrected chi connectivity index (χ2v) is 7.45. The van der Waals surface area contributed by atoms with Gasteiger partial charge in [-0.2, -0.15) is 0 Å². The maximum atomic E-state index is 12.2. The van der Waals surface area contributed by atoms with E-state index < -0.39 is 9.84 Å². The summed E-state index contributed by atoms with van der Waals surface area (Å²) in [5.41, 5.74) is 0.814. The summed E-state index contributed by atoms with van der Waals surface area (Å²) in [5.74, 6) is 0.181. The molecule has 0 spiro atoms. The third-order valence-corrected chi connectivity index (χ3v) is 5.46. The maximum absolute atomic E-state index is 12.2. The highest BCUT2D eigenvalue weighted by molar-refractivity contribution is 7.91. The summed E-state index contributed by atoms with van der Waals surface area (Å²) in [6.45, 7) is 4.12. The first-order valence-electron chi connectivity index (χ1n) is 6.19. The maximum Gasteiger partial charge on any atom is 0.180 e. The van der Waals surface area contributed by atoms with Crippen LogP contribution in [0.15, 0.2) is 23.1 Å². The van der Waals surface area contributed by atoms with Crippen molar-refractivity contribution in [1.82, 2.24) is 5.32 Å². The van der Waals surface area contributed by atoms with Gasteiger partial charge in [-0.1, -0.05) is 37.6 Å². The van der Waals surface area contributed by atoms with Crippen LogP contribution in [0, 0.1) is 0 Å². The van der Waals surface area contributed by atoms with Gasteiger partial charge >= 0.3 is 0 Å². The number of rotatable bonds is 2. The molecule has 1 N–H and O–H groups in total. The van der Waals surface area contributed by atoms with Gasteiger partial charge in [0.05, 0.1) is 15.7 Å². The minimum absolute atomic E-state index is 0.0657. The van der Waals surface area contributed by atoms with E-state index in [0.717, 1.165) is 12.0 Å². The summed E-state index contributed by atoms with van der Waals surface area (Å²) >= 11 is 6.09. The van der Waals surface area contributed by atoms with E-state index in [0.29, 0.717) is 22.4 Å². The predicted molar refractivity (Wildman–Crippen MR) is 73.8 cm³/mol. The average molecular weight is 288 g/mol. The molecule has 0 saturated heterocycles. The topological polar surface area (TPSA) is 46.2 Å². The van der Waals surface area contributed by atoms with Crippen LogP contribution in [-0.4, -0.2) is 20.2 Å². The molecule has 0 saturated carbocycles. The van der Waals surface area contributed by atoms with Crippen LogP contribution in [0.1, 0.15) is 38.3 Å².